The van der Waals surface area contributed by atoms with Gasteiger partial charge in [0.15, 0.2) is 0 Å². The van der Waals surface area contributed by atoms with Gasteiger partial charge in [-0.2, -0.15) is 0 Å². The molecule has 2 aromatic rings. The van der Waals surface area contributed by atoms with Crippen molar-refractivity contribution in [2.24, 2.45) is 0 Å². The second-order valence-electron chi connectivity index (χ2n) is 11.3. The summed E-state index contributed by atoms with van der Waals surface area (Å²) in [6.45, 7) is 13.0. The number of benzene rings is 2. The zero-order chi connectivity index (χ0) is 27.7. The van der Waals surface area contributed by atoms with Crippen LogP contribution in [0.1, 0.15) is 90.7 Å². The summed E-state index contributed by atoms with van der Waals surface area (Å²) in [5, 5.41) is 9.92. The number of hydrogen-bond donors (Lipinski definition) is 1. The van der Waals surface area contributed by atoms with Gasteiger partial charge in [0.1, 0.15) is 11.4 Å². The van der Waals surface area contributed by atoms with Gasteiger partial charge in [0.2, 0.25) is 0 Å². The predicted molar refractivity (Wildman–Crippen MR) is 160 cm³/mol. The average molecular weight is 516 g/mol. The largest absolute Gasteiger partial charge is 0.487 e. The first-order valence-corrected chi connectivity index (χ1v) is 13.9. The van der Waals surface area contributed by atoms with E-state index in [1.54, 1.807) is 0 Å². The van der Waals surface area contributed by atoms with Gasteiger partial charge in [0, 0.05) is 0 Å². The van der Waals surface area contributed by atoms with E-state index >= 15 is 0 Å². The first-order chi connectivity index (χ1) is 18.1. The Hall–Kier alpha value is -3.27. The molecule has 1 N–H and O–H groups in total. The predicted octanol–water partition coefficient (Wildman–Crippen LogP) is 10.1. The number of amides is 1. The van der Waals surface area contributed by atoms with Crippen molar-refractivity contribution in [3.63, 3.8) is 0 Å². The van der Waals surface area contributed by atoms with E-state index in [2.05, 4.69) is 52.8 Å². The van der Waals surface area contributed by atoms with Crippen LogP contribution in [0.15, 0.2) is 77.4 Å². The SMILES string of the molecule is CC(C)=CCCC(C)=CCCC(C)=CCC[C@]1(C)CCc2cc(N(C(=O)O)c3ccccc3)cc(C)c2O1. The summed E-state index contributed by atoms with van der Waals surface area (Å²) in [5.74, 6) is 0.912. The molecule has 4 heteroatoms. The number of carbonyl (C=O) groups is 1. The molecule has 0 bridgehead atoms. The normalized spacial score (nSPS) is 17.4. The smallest absolute Gasteiger partial charge is 0.416 e. The number of fused-ring (bicyclic) bond motifs is 1. The van der Waals surface area contributed by atoms with Gasteiger partial charge in [-0.15, -0.1) is 0 Å². The van der Waals surface area contributed by atoms with E-state index in [0.29, 0.717) is 11.4 Å². The van der Waals surface area contributed by atoms with E-state index in [0.717, 1.165) is 68.2 Å². The number of carboxylic acid groups (broad SMARTS) is 1. The minimum atomic E-state index is -0.992. The van der Waals surface area contributed by atoms with Gasteiger partial charge in [-0.05, 0) is 128 Å². The maximum atomic E-state index is 12.1. The summed E-state index contributed by atoms with van der Waals surface area (Å²) in [7, 11) is 0. The Kier molecular flexibility index (Phi) is 10.4. The fourth-order valence-electron chi connectivity index (χ4n) is 5.07. The van der Waals surface area contributed by atoms with Gasteiger partial charge in [-0.3, -0.25) is 0 Å². The van der Waals surface area contributed by atoms with E-state index in [1.807, 2.05) is 49.4 Å². The van der Waals surface area contributed by atoms with Gasteiger partial charge >= 0.3 is 6.09 Å². The van der Waals surface area contributed by atoms with Crippen LogP contribution in [0.2, 0.25) is 0 Å². The van der Waals surface area contributed by atoms with Crippen LogP contribution in [-0.4, -0.2) is 16.8 Å². The van der Waals surface area contributed by atoms with Crippen molar-refractivity contribution in [1.82, 2.24) is 0 Å². The van der Waals surface area contributed by atoms with E-state index in [1.165, 1.54) is 21.6 Å². The lowest BCUT2D eigenvalue weighted by Crippen LogP contribution is -2.36. The summed E-state index contributed by atoms with van der Waals surface area (Å²) in [5.41, 5.74) is 7.44. The number of anilines is 2. The lowest BCUT2D eigenvalue weighted by Gasteiger charge is -2.37. The quantitative estimate of drug-likeness (QED) is 0.303. The van der Waals surface area contributed by atoms with Crippen LogP contribution in [0.4, 0.5) is 16.2 Å². The highest BCUT2D eigenvalue weighted by atomic mass is 16.5. The Bertz CT molecular complexity index is 1190. The van der Waals surface area contributed by atoms with E-state index in [-0.39, 0.29) is 5.60 Å². The Morgan fingerprint density at radius 2 is 1.58 bits per heavy atom. The fourth-order valence-corrected chi connectivity index (χ4v) is 5.07. The van der Waals surface area contributed by atoms with Crippen LogP contribution in [0.25, 0.3) is 0 Å². The van der Waals surface area contributed by atoms with Crippen molar-refractivity contribution in [3.8, 4) is 5.75 Å². The molecule has 0 radical (unpaired) electrons. The minimum Gasteiger partial charge on any atom is -0.487 e. The lowest BCUT2D eigenvalue weighted by molar-refractivity contribution is 0.0563. The Morgan fingerprint density at radius 3 is 2.21 bits per heavy atom. The third-order valence-electron chi connectivity index (χ3n) is 7.36. The van der Waals surface area contributed by atoms with Crippen LogP contribution < -0.4 is 9.64 Å². The highest BCUT2D eigenvalue weighted by Crippen LogP contribution is 2.41. The van der Waals surface area contributed by atoms with Crippen molar-refractivity contribution >= 4 is 17.5 Å². The Morgan fingerprint density at radius 1 is 0.947 bits per heavy atom. The Balaban J connectivity index is 1.59. The monoisotopic (exact) mass is 515 g/mol. The van der Waals surface area contributed by atoms with Crippen LogP contribution >= 0.6 is 0 Å². The molecule has 204 valence electrons. The zero-order valence-electron chi connectivity index (χ0n) is 24.1. The third kappa shape index (κ3) is 8.37. The molecule has 0 aromatic heterocycles. The number of ether oxygens (including phenoxy) is 1. The highest BCUT2D eigenvalue weighted by Gasteiger charge is 2.32. The molecule has 2 aromatic carbocycles. The van der Waals surface area contributed by atoms with Gasteiger partial charge in [-0.25, -0.2) is 9.69 Å². The van der Waals surface area contributed by atoms with Gasteiger partial charge in [0.05, 0.1) is 11.4 Å². The van der Waals surface area contributed by atoms with Crippen molar-refractivity contribution in [3.05, 3.63) is 88.5 Å². The van der Waals surface area contributed by atoms with Crippen molar-refractivity contribution in [1.29, 1.82) is 0 Å². The summed E-state index contributed by atoms with van der Waals surface area (Å²) >= 11 is 0. The second-order valence-corrected chi connectivity index (χ2v) is 11.3. The standard InChI is InChI=1S/C34H45NO3/c1-25(2)13-10-14-26(3)15-11-16-27(4)17-12-21-34(6)22-20-29-24-31(23-28(5)32(29)38-34)35(33(36)37)30-18-8-7-9-19-30/h7-9,13,15,17-19,23-24H,10-12,14,16,20-22H2,1-6H3,(H,36,37)/t34-/m1/s1. The fraction of sp³-hybridized carbons (Fsp3) is 0.441. The molecule has 1 heterocycles. The molecule has 0 saturated carbocycles. The number of allylic oxidation sites excluding steroid dienone is 6. The van der Waals surface area contributed by atoms with Crippen LogP contribution in [-0.2, 0) is 6.42 Å². The summed E-state index contributed by atoms with van der Waals surface area (Å²) in [6.07, 6.45) is 14.3. The van der Waals surface area contributed by atoms with Crippen molar-refractivity contribution in [2.75, 3.05) is 4.90 Å². The molecule has 1 aliphatic rings. The second kappa shape index (κ2) is 13.5. The van der Waals surface area contributed by atoms with E-state index < -0.39 is 6.09 Å². The molecular formula is C34H45NO3. The first kappa shape index (κ1) is 29.3. The number of nitrogens with zero attached hydrogens (tertiary/aromatic N) is 1. The maximum absolute atomic E-state index is 12.1. The zero-order valence-corrected chi connectivity index (χ0v) is 24.1. The molecule has 4 nitrogen and oxygen atoms in total. The highest BCUT2D eigenvalue weighted by molar-refractivity contribution is 5.95. The molecule has 0 spiro atoms. The lowest BCUT2D eigenvalue weighted by atomic mass is 9.87. The minimum absolute atomic E-state index is 0.219. The number of aryl methyl sites for hydroxylation is 2. The molecule has 0 aliphatic carbocycles. The van der Waals surface area contributed by atoms with Gasteiger partial charge in [0.25, 0.3) is 0 Å². The first-order valence-electron chi connectivity index (χ1n) is 13.9. The summed E-state index contributed by atoms with van der Waals surface area (Å²) in [4.78, 5) is 13.4. The molecule has 0 saturated heterocycles. The third-order valence-corrected chi connectivity index (χ3v) is 7.36. The molecule has 0 unspecified atom stereocenters. The van der Waals surface area contributed by atoms with Crippen molar-refractivity contribution < 1.29 is 14.6 Å². The molecule has 38 heavy (non-hydrogen) atoms. The molecule has 1 amide bonds. The maximum Gasteiger partial charge on any atom is 0.416 e. The number of rotatable bonds is 11. The molecule has 1 aliphatic heterocycles. The topological polar surface area (TPSA) is 49.8 Å². The van der Waals surface area contributed by atoms with E-state index in [9.17, 15) is 9.90 Å². The van der Waals surface area contributed by atoms with Gasteiger partial charge in [-0.1, -0.05) is 53.1 Å². The van der Waals surface area contributed by atoms with Crippen molar-refractivity contribution in [2.45, 2.75) is 98.5 Å². The molecule has 1 atom stereocenters. The molecule has 0 fully saturated rings. The summed E-state index contributed by atoms with van der Waals surface area (Å²) < 4.78 is 6.59. The summed E-state index contributed by atoms with van der Waals surface area (Å²) in [6, 6.07) is 13.1. The van der Waals surface area contributed by atoms with Crippen LogP contribution in [0, 0.1) is 6.92 Å². The number of hydrogen-bond acceptors (Lipinski definition) is 2. The average Bonchev–Trinajstić information content (AvgIpc) is 2.85. The van der Waals surface area contributed by atoms with Crippen LogP contribution in [0.5, 0.6) is 5.75 Å². The molecule has 3 rings (SSSR count). The Labute approximate surface area is 229 Å². The van der Waals surface area contributed by atoms with Crippen LogP contribution in [0.3, 0.4) is 0 Å². The van der Waals surface area contributed by atoms with Gasteiger partial charge < -0.3 is 9.84 Å². The van der Waals surface area contributed by atoms with E-state index in [4.69, 9.17) is 4.74 Å². The molecular weight excluding hydrogens is 470 g/mol. The number of para-hydroxylation sites is 1.